The molecule has 0 aliphatic carbocycles. The molecule has 7 heteroatoms. The second kappa shape index (κ2) is 10.5. The molecule has 32 heavy (non-hydrogen) atoms. The zero-order valence-electron chi connectivity index (χ0n) is 19.4. The molecule has 0 radical (unpaired) electrons. The van der Waals surface area contributed by atoms with Crippen molar-refractivity contribution < 1.29 is 14.6 Å². The highest BCUT2D eigenvalue weighted by Crippen LogP contribution is 2.37. The fourth-order valence-corrected chi connectivity index (χ4v) is 4.32. The van der Waals surface area contributed by atoms with Crippen molar-refractivity contribution in [3.63, 3.8) is 0 Å². The fourth-order valence-electron chi connectivity index (χ4n) is 4.21. The first-order valence-corrected chi connectivity index (χ1v) is 11.6. The molecule has 3 rings (SSSR count). The summed E-state index contributed by atoms with van der Waals surface area (Å²) in [5.74, 6) is 0.374. The molecule has 0 amide bonds. The fraction of sp³-hybridized carbons (Fsp3) is 0.520. The molecular formula is C25H34ClN3O3. The number of hydrogen-bond acceptors (Lipinski definition) is 5. The van der Waals surface area contributed by atoms with Crippen LogP contribution < -0.4 is 10.2 Å². The zero-order chi connectivity index (χ0) is 23.3. The molecule has 0 spiro atoms. The van der Waals surface area contributed by atoms with Gasteiger partial charge in [0.2, 0.25) is 0 Å². The largest absolute Gasteiger partial charge is 0.481 e. The normalized spacial score (nSPS) is 15.1. The van der Waals surface area contributed by atoms with Gasteiger partial charge in [-0.1, -0.05) is 45.4 Å². The maximum absolute atomic E-state index is 11.4. The van der Waals surface area contributed by atoms with E-state index in [2.05, 4.69) is 47.2 Å². The van der Waals surface area contributed by atoms with Crippen molar-refractivity contribution in [2.75, 3.05) is 30.0 Å². The van der Waals surface area contributed by atoms with Crippen LogP contribution in [0.5, 0.6) is 0 Å². The number of nitrogens with one attached hydrogen (secondary N) is 1. The Morgan fingerprint density at radius 3 is 2.59 bits per heavy atom. The lowest BCUT2D eigenvalue weighted by Gasteiger charge is -2.39. The van der Waals surface area contributed by atoms with Crippen LogP contribution in [0.4, 0.5) is 17.2 Å². The predicted octanol–water partition coefficient (Wildman–Crippen LogP) is 5.87. The van der Waals surface area contributed by atoms with Crippen molar-refractivity contribution in [2.24, 2.45) is 5.92 Å². The lowest BCUT2D eigenvalue weighted by atomic mass is 9.81. The van der Waals surface area contributed by atoms with Gasteiger partial charge in [0.15, 0.2) is 0 Å². The van der Waals surface area contributed by atoms with Gasteiger partial charge in [-0.25, -0.2) is 4.98 Å². The van der Waals surface area contributed by atoms with Crippen LogP contribution in [0.1, 0.15) is 52.5 Å². The Bertz CT molecular complexity index is 909. The van der Waals surface area contributed by atoms with E-state index < -0.39 is 11.4 Å². The number of pyridine rings is 1. The highest BCUT2D eigenvalue weighted by atomic mass is 35.5. The summed E-state index contributed by atoms with van der Waals surface area (Å²) < 4.78 is 5.61. The summed E-state index contributed by atoms with van der Waals surface area (Å²) in [4.78, 5) is 18.3. The van der Waals surface area contributed by atoms with E-state index in [1.807, 2.05) is 19.9 Å². The molecule has 1 aliphatic rings. The molecular weight excluding hydrogens is 426 g/mol. The Labute approximate surface area is 195 Å². The van der Waals surface area contributed by atoms with Crippen LogP contribution in [-0.2, 0) is 14.9 Å². The van der Waals surface area contributed by atoms with Crippen molar-refractivity contribution in [3.8, 4) is 0 Å². The zero-order valence-corrected chi connectivity index (χ0v) is 20.2. The van der Waals surface area contributed by atoms with Gasteiger partial charge in [0.05, 0.1) is 22.8 Å². The molecule has 2 aromatic rings. The minimum atomic E-state index is -0.809. The molecule has 6 nitrogen and oxygen atoms in total. The second-order valence-electron chi connectivity index (χ2n) is 9.56. The second-order valence-corrected chi connectivity index (χ2v) is 10.00. The number of hydrogen-bond donors (Lipinski definition) is 2. The first kappa shape index (κ1) is 24.3. The van der Waals surface area contributed by atoms with Gasteiger partial charge in [0, 0.05) is 37.4 Å². The number of anilines is 3. The third-order valence-corrected chi connectivity index (χ3v) is 6.09. The Balaban J connectivity index is 2.05. The Morgan fingerprint density at radius 1 is 1.28 bits per heavy atom. The summed E-state index contributed by atoms with van der Waals surface area (Å²) in [5.41, 5.74) is 2.48. The van der Waals surface area contributed by atoms with Crippen LogP contribution >= 0.6 is 11.6 Å². The number of rotatable bonds is 9. The molecule has 2 heterocycles. The lowest BCUT2D eigenvalue weighted by molar-refractivity contribution is -0.138. The molecule has 1 fully saturated rings. The maximum atomic E-state index is 11.4. The van der Waals surface area contributed by atoms with Crippen molar-refractivity contribution in [1.29, 1.82) is 0 Å². The lowest BCUT2D eigenvalue weighted by Crippen LogP contribution is -2.42. The third kappa shape index (κ3) is 6.36. The van der Waals surface area contributed by atoms with Gasteiger partial charge in [-0.3, -0.25) is 4.79 Å². The van der Waals surface area contributed by atoms with Crippen molar-refractivity contribution in [2.45, 2.75) is 58.4 Å². The first-order chi connectivity index (χ1) is 15.2. The number of carboxylic acids is 1. The van der Waals surface area contributed by atoms with Crippen molar-refractivity contribution in [3.05, 3.63) is 47.1 Å². The molecule has 174 valence electrons. The average Bonchev–Trinajstić information content (AvgIpc) is 2.73. The number of ether oxygens (including phenoxy) is 1. The third-order valence-electron chi connectivity index (χ3n) is 5.86. The summed E-state index contributed by atoms with van der Waals surface area (Å²) in [6.07, 6.45) is 3.64. The number of benzene rings is 1. The van der Waals surface area contributed by atoms with Crippen LogP contribution in [0.2, 0.25) is 5.02 Å². The van der Waals surface area contributed by atoms with E-state index >= 15 is 0 Å². The maximum Gasteiger partial charge on any atom is 0.304 e. The molecule has 0 saturated carbocycles. The highest BCUT2D eigenvalue weighted by Gasteiger charge is 2.28. The summed E-state index contributed by atoms with van der Waals surface area (Å²) in [6, 6.07) is 10.3. The molecule has 1 saturated heterocycles. The smallest absolute Gasteiger partial charge is 0.304 e. The van der Waals surface area contributed by atoms with Gasteiger partial charge in [0.1, 0.15) is 5.82 Å². The predicted molar refractivity (Wildman–Crippen MR) is 130 cm³/mol. The summed E-state index contributed by atoms with van der Waals surface area (Å²) >= 11 is 6.02. The van der Waals surface area contributed by atoms with E-state index in [4.69, 9.17) is 16.3 Å². The monoisotopic (exact) mass is 459 g/mol. The van der Waals surface area contributed by atoms with E-state index in [0.717, 1.165) is 49.5 Å². The topological polar surface area (TPSA) is 74.7 Å². The SMILES string of the molecule is CC(C)CN(c1ccc(C(C)(C)CC(=O)O)cc1Nc1ccc(Cl)cn1)C1CCOCC1. The summed E-state index contributed by atoms with van der Waals surface area (Å²) in [5, 5.41) is 13.4. The van der Waals surface area contributed by atoms with Gasteiger partial charge in [-0.05, 0) is 48.6 Å². The van der Waals surface area contributed by atoms with E-state index in [-0.39, 0.29) is 6.42 Å². The van der Waals surface area contributed by atoms with E-state index in [0.29, 0.717) is 22.8 Å². The number of carbonyl (C=O) groups is 1. The van der Waals surface area contributed by atoms with Gasteiger partial charge < -0.3 is 20.1 Å². The van der Waals surface area contributed by atoms with Crippen molar-refractivity contribution >= 4 is 34.8 Å². The number of halogens is 1. The first-order valence-electron chi connectivity index (χ1n) is 11.2. The van der Waals surface area contributed by atoms with Crippen molar-refractivity contribution in [1.82, 2.24) is 4.98 Å². The molecule has 0 bridgehead atoms. The number of nitrogens with zero attached hydrogens (tertiary/aromatic N) is 2. The van der Waals surface area contributed by atoms with Crippen LogP contribution in [-0.4, -0.2) is 41.9 Å². The van der Waals surface area contributed by atoms with Gasteiger partial charge in [-0.15, -0.1) is 0 Å². The number of aliphatic carboxylic acids is 1. The van der Waals surface area contributed by atoms with Gasteiger partial charge in [-0.2, -0.15) is 0 Å². The summed E-state index contributed by atoms with van der Waals surface area (Å²) in [6.45, 7) is 10.8. The summed E-state index contributed by atoms with van der Waals surface area (Å²) in [7, 11) is 0. The molecule has 2 N–H and O–H groups in total. The Morgan fingerprint density at radius 2 is 2.00 bits per heavy atom. The Kier molecular flexibility index (Phi) is 8.01. The molecule has 0 atom stereocenters. The van der Waals surface area contributed by atoms with Crippen LogP contribution in [0.3, 0.4) is 0 Å². The Hall–Kier alpha value is -2.31. The standard InChI is InChI=1S/C25H34ClN3O3/c1-17(2)16-29(20-9-11-32-12-10-20)22-7-5-18(25(3,4)14-24(30)31)13-21(22)28-23-8-6-19(26)15-27-23/h5-8,13,15,17,20H,9-12,14,16H2,1-4H3,(H,27,28)(H,30,31). The highest BCUT2D eigenvalue weighted by molar-refractivity contribution is 6.30. The number of aromatic nitrogens is 1. The van der Waals surface area contributed by atoms with E-state index in [9.17, 15) is 9.90 Å². The molecule has 1 aromatic carbocycles. The number of carboxylic acid groups (broad SMARTS) is 1. The molecule has 0 unspecified atom stereocenters. The quantitative estimate of drug-likeness (QED) is 0.488. The van der Waals surface area contributed by atoms with Crippen LogP contribution in [0, 0.1) is 5.92 Å². The van der Waals surface area contributed by atoms with Gasteiger partial charge in [0.25, 0.3) is 0 Å². The van der Waals surface area contributed by atoms with Gasteiger partial charge >= 0.3 is 5.97 Å². The molecule has 1 aromatic heterocycles. The van der Waals surface area contributed by atoms with Crippen LogP contribution in [0.25, 0.3) is 0 Å². The van der Waals surface area contributed by atoms with E-state index in [1.165, 1.54) is 0 Å². The van der Waals surface area contributed by atoms with Crippen LogP contribution in [0.15, 0.2) is 36.5 Å². The minimum absolute atomic E-state index is 0.0562. The van der Waals surface area contributed by atoms with E-state index in [1.54, 1.807) is 12.3 Å². The average molecular weight is 460 g/mol. The minimum Gasteiger partial charge on any atom is -0.481 e. The molecule has 1 aliphatic heterocycles.